The lowest BCUT2D eigenvalue weighted by molar-refractivity contribution is -0.121. The van der Waals surface area contributed by atoms with Gasteiger partial charge in [0, 0.05) is 12.0 Å². The zero-order valence-electron chi connectivity index (χ0n) is 13.2. The van der Waals surface area contributed by atoms with E-state index in [4.69, 9.17) is 4.74 Å². The predicted octanol–water partition coefficient (Wildman–Crippen LogP) is 3.33. The Kier molecular flexibility index (Phi) is 5.26. The van der Waals surface area contributed by atoms with E-state index >= 15 is 0 Å². The molecule has 1 rings (SSSR count). The molecule has 1 atom stereocenters. The molecule has 4 heteroatoms. The molecule has 0 unspecified atom stereocenters. The fraction of sp³-hybridized carbons (Fsp3) is 0.471. The number of carbonyl (C=O) groups excluding carboxylic acids is 2. The molecule has 1 aromatic rings. The van der Waals surface area contributed by atoms with Crippen LogP contribution in [0.2, 0.25) is 0 Å². The van der Waals surface area contributed by atoms with Crippen molar-refractivity contribution in [2.24, 2.45) is 11.3 Å². The number of hydrogen-bond donors (Lipinski definition) is 0. The van der Waals surface area contributed by atoms with E-state index in [9.17, 15) is 14.9 Å². The van der Waals surface area contributed by atoms with Crippen molar-refractivity contribution < 1.29 is 14.3 Å². The molecule has 112 valence electrons. The monoisotopic (exact) mass is 287 g/mol. The fourth-order valence-corrected chi connectivity index (χ4v) is 2.04. The molecule has 0 aliphatic heterocycles. The number of nitriles is 1. The summed E-state index contributed by atoms with van der Waals surface area (Å²) in [6.07, 6.45) is 0.194. The van der Waals surface area contributed by atoms with Gasteiger partial charge in [0.15, 0.2) is 17.5 Å². The number of Topliss-reactive ketones (excluding diaryl/α,β-unsaturated/α-hetero) is 2. The molecule has 0 amide bonds. The quantitative estimate of drug-likeness (QED) is 0.615. The van der Waals surface area contributed by atoms with E-state index < -0.39 is 11.7 Å². The van der Waals surface area contributed by atoms with E-state index in [1.165, 1.54) is 7.11 Å². The van der Waals surface area contributed by atoms with Crippen molar-refractivity contribution in [3.63, 3.8) is 0 Å². The molecular weight excluding hydrogens is 266 g/mol. The van der Waals surface area contributed by atoms with Gasteiger partial charge in [0.2, 0.25) is 0 Å². The zero-order valence-corrected chi connectivity index (χ0v) is 13.2. The van der Waals surface area contributed by atoms with Gasteiger partial charge in [0.1, 0.15) is 5.75 Å². The van der Waals surface area contributed by atoms with E-state index in [0.29, 0.717) is 11.3 Å². The van der Waals surface area contributed by atoms with Crippen LogP contribution in [0.1, 0.15) is 43.1 Å². The highest BCUT2D eigenvalue weighted by Gasteiger charge is 2.30. The summed E-state index contributed by atoms with van der Waals surface area (Å²) in [6.45, 7) is 7.57. The topological polar surface area (TPSA) is 67.2 Å². The molecule has 0 fully saturated rings. The van der Waals surface area contributed by atoms with Crippen molar-refractivity contribution >= 4 is 11.6 Å². The summed E-state index contributed by atoms with van der Waals surface area (Å²) in [5, 5.41) is 9.18. The van der Waals surface area contributed by atoms with E-state index in [-0.39, 0.29) is 17.6 Å². The number of benzene rings is 1. The van der Waals surface area contributed by atoms with Crippen LogP contribution in [0, 0.1) is 29.6 Å². The Hall–Kier alpha value is -2.15. The third kappa shape index (κ3) is 4.42. The molecule has 21 heavy (non-hydrogen) atoms. The second kappa shape index (κ2) is 6.53. The average Bonchev–Trinajstić information content (AvgIpc) is 2.37. The van der Waals surface area contributed by atoms with Crippen LogP contribution in [-0.2, 0) is 4.79 Å². The van der Waals surface area contributed by atoms with Crippen molar-refractivity contribution in [3.8, 4) is 11.8 Å². The first-order chi connectivity index (χ1) is 9.69. The first kappa shape index (κ1) is 16.9. The maximum Gasteiger partial charge on any atom is 0.187 e. The molecular formula is C17H21NO3. The molecule has 0 aliphatic rings. The first-order valence-corrected chi connectivity index (χ1v) is 6.81. The Labute approximate surface area is 125 Å². The van der Waals surface area contributed by atoms with Crippen LogP contribution in [0.15, 0.2) is 18.2 Å². The number of nitrogens with zero attached hydrogens (tertiary/aromatic N) is 1. The van der Waals surface area contributed by atoms with E-state index in [0.717, 1.165) is 5.56 Å². The van der Waals surface area contributed by atoms with Crippen molar-refractivity contribution in [1.29, 1.82) is 5.26 Å². The summed E-state index contributed by atoms with van der Waals surface area (Å²) in [7, 11) is 1.52. The van der Waals surface area contributed by atoms with Crippen LogP contribution in [0.3, 0.4) is 0 Å². The lowest BCUT2D eigenvalue weighted by Gasteiger charge is -2.18. The lowest BCUT2D eigenvalue weighted by atomic mass is 9.83. The van der Waals surface area contributed by atoms with Gasteiger partial charge in [0.05, 0.1) is 13.2 Å². The number of ketones is 2. The minimum Gasteiger partial charge on any atom is -0.496 e. The minimum absolute atomic E-state index is 0.194. The normalized spacial score (nSPS) is 12.4. The van der Waals surface area contributed by atoms with Crippen molar-refractivity contribution in [1.82, 2.24) is 0 Å². The van der Waals surface area contributed by atoms with Gasteiger partial charge in [-0.05, 0) is 24.0 Å². The highest BCUT2D eigenvalue weighted by molar-refractivity contribution is 6.13. The molecule has 0 aliphatic carbocycles. The van der Waals surface area contributed by atoms with E-state index in [1.807, 2.05) is 33.8 Å². The molecule has 0 bridgehead atoms. The third-order valence-corrected chi connectivity index (χ3v) is 3.11. The van der Waals surface area contributed by atoms with Crippen molar-refractivity contribution in [3.05, 3.63) is 29.3 Å². The molecule has 1 aromatic carbocycles. The number of ether oxygens (including phenoxy) is 1. The van der Waals surface area contributed by atoms with Gasteiger partial charge in [-0.25, -0.2) is 0 Å². The number of methoxy groups -OCH3 is 1. The van der Waals surface area contributed by atoms with Gasteiger partial charge in [-0.1, -0.05) is 32.9 Å². The standard InChI is InChI=1S/C17H21NO3/c1-11-6-7-12(8-15(11)21-5)16(20)13(10-18)14(19)9-17(2,3)4/h6-8,13H,9H2,1-5H3/t13-/m1/s1. The largest absolute Gasteiger partial charge is 0.496 e. The Morgan fingerprint density at radius 1 is 1.33 bits per heavy atom. The van der Waals surface area contributed by atoms with E-state index in [2.05, 4.69) is 0 Å². The predicted molar refractivity (Wildman–Crippen MR) is 80.2 cm³/mol. The minimum atomic E-state index is -1.25. The van der Waals surface area contributed by atoms with Crippen LogP contribution >= 0.6 is 0 Å². The average molecular weight is 287 g/mol. The summed E-state index contributed by atoms with van der Waals surface area (Å²) < 4.78 is 5.17. The number of aryl methyl sites for hydroxylation is 1. The van der Waals surface area contributed by atoms with Gasteiger partial charge in [-0.15, -0.1) is 0 Å². The summed E-state index contributed by atoms with van der Waals surface area (Å²) in [4.78, 5) is 24.5. The zero-order chi connectivity index (χ0) is 16.2. The Bertz CT molecular complexity index is 591. The fourth-order valence-electron chi connectivity index (χ4n) is 2.04. The third-order valence-electron chi connectivity index (χ3n) is 3.11. The van der Waals surface area contributed by atoms with Gasteiger partial charge < -0.3 is 4.74 Å². The first-order valence-electron chi connectivity index (χ1n) is 6.81. The number of carbonyl (C=O) groups is 2. The van der Waals surface area contributed by atoms with Crippen LogP contribution in [0.4, 0.5) is 0 Å². The summed E-state index contributed by atoms with van der Waals surface area (Å²) in [6, 6.07) is 6.78. The van der Waals surface area contributed by atoms with Gasteiger partial charge in [-0.2, -0.15) is 5.26 Å². The number of hydrogen-bond acceptors (Lipinski definition) is 4. The molecule has 0 radical (unpaired) electrons. The second-order valence-electron chi connectivity index (χ2n) is 6.31. The molecule has 0 N–H and O–H groups in total. The van der Waals surface area contributed by atoms with E-state index in [1.54, 1.807) is 18.2 Å². The van der Waals surface area contributed by atoms with Crippen molar-refractivity contribution in [2.75, 3.05) is 7.11 Å². The lowest BCUT2D eigenvalue weighted by Crippen LogP contribution is -2.26. The Morgan fingerprint density at radius 2 is 1.95 bits per heavy atom. The number of rotatable bonds is 5. The van der Waals surface area contributed by atoms with Crippen LogP contribution in [0.25, 0.3) is 0 Å². The molecule has 0 saturated heterocycles. The molecule has 4 nitrogen and oxygen atoms in total. The van der Waals surface area contributed by atoms with Gasteiger partial charge in [-0.3, -0.25) is 9.59 Å². The molecule has 0 aromatic heterocycles. The summed E-state index contributed by atoms with van der Waals surface area (Å²) in [5.74, 6) is -1.49. The Balaban J connectivity index is 3.05. The van der Waals surface area contributed by atoms with Crippen molar-refractivity contribution in [2.45, 2.75) is 34.1 Å². The van der Waals surface area contributed by atoms with Gasteiger partial charge >= 0.3 is 0 Å². The van der Waals surface area contributed by atoms with Crippen LogP contribution in [-0.4, -0.2) is 18.7 Å². The highest BCUT2D eigenvalue weighted by Crippen LogP contribution is 2.25. The maximum absolute atomic E-state index is 12.4. The van der Waals surface area contributed by atoms with Gasteiger partial charge in [0.25, 0.3) is 0 Å². The molecule has 0 heterocycles. The van der Waals surface area contributed by atoms with Crippen LogP contribution < -0.4 is 4.74 Å². The summed E-state index contributed by atoms with van der Waals surface area (Å²) >= 11 is 0. The maximum atomic E-state index is 12.4. The summed E-state index contributed by atoms with van der Waals surface area (Å²) in [5.41, 5.74) is 0.965. The SMILES string of the molecule is COc1cc(C(=O)[C@H](C#N)C(=O)CC(C)(C)C)ccc1C. The second-order valence-corrected chi connectivity index (χ2v) is 6.31. The molecule has 0 saturated carbocycles. The highest BCUT2D eigenvalue weighted by atomic mass is 16.5. The van der Waals surface area contributed by atoms with Crippen LogP contribution in [0.5, 0.6) is 5.75 Å². The Morgan fingerprint density at radius 3 is 2.43 bits per heavy atom. The molecule has 0 spiro atoms. The smallest absolute Gasteiger partial charge is 0.187 e.